The molecule has 0 spiro atoms. The van der Waals surface area contributed by atoms with Crippen molar-refractivity contribution in [1.82, 2.24) is 15.8 Å². The van der Waals surface area contributed by atoms with Crippen molar-refractivity contribution in [3.05, 3.63) is 46.8 Å². The fraction of sp³-hybridized carbons (Fsp3) is 0.542. The molecule has 11 heteroatoms. The molecule has 35 heavy (non-hydrogen) atoms. The Kier molecular flexibility index (Phi) is 7.63. The number of halogens is 3. The summed E-state index contributed by atoms with van der Waals surface area (Å²) in [6, 6.07) is 3.08. The average Bonchev–Trinajstić information content (AvgIpc) is 3.25. The third-order valence-electron chi connectivity index (χ3n) is 6.49. The SMILES string of the molecule is COc1ccccc1C(NC(=O)c1noc2c1CC(NC(=O)CC1CCOCC1)CC2)C(F)(F)F. The van der Waals surface area contributed by atoms with E-state index in [0.717, 1.165) is 12.8 Å². The van der Waals surface area contributed by atoms with Gasteiger partial charge < -0.3 is 24.6 Å². The number of nitrogens with zero attached hydrogens (tertiary/aromatic N) is 1. The van der Waals surface area contributed by atoms with Crippen molar-refractivity contribution < 1.29 is 36.8 Å². The minimum absolute atomic E-state index is 0.00427. The fourth-order valence-electron chi connectivity index (χ4n) is 4.65. The Hall–Kier alpha value is -3.08. The Morgan fingerprint density at radius 3 is 2.66 bits per heavy atom. The van der Waals surface area contributed by atoms with Gasteiger partial charge in [-0.1, -0.05) is 23.4 Å². The summed E-state index contributed by atoms with van der Waals surface area (Å²) < 4.78 is 57.3. The van der Waals surface area contributed by atoms with Crippen molar-refractivity contribution in [2.75, 3.05) is 20.3 Å². The highest BCUT2D eigenvalue weighted by atomic mass is 19.4. The van der Waals surface area contributed by atoms with Gasteiger partial charge in [0.15, 0.2) is 11.7 Å². The van der Waals surface area contributed by atoms with E-state index in [0.29, 0.717) is 43.8 Å². The predicted molar refractivity (Wildman–Crippen MR) is 118 cm³/mol. The van der Waals surface area contributed by atoms with Crippen LogP contribution in [0.4, 0.5) is 13.2 Å². The van der Waals surface area contributed by atoms with Crippen molar-refractivity contribution in [3.8, 4) is 5.75 Å². The Balaban J connectivity index is 1.45. The van der Waals surface area contributed by atoms with Crippen LogP contribution in [0.25, 0.3) is 0 Å². The van der Waals surface area contributed by atoms with Crippen LogP contribution in [0.1, 0.15) is 59.1 Å². The van der Waals surface area contributed by atoms with Crippen LogP contribution in [-0.4, -0.2) is 49.5 Å². The number of hydrogen-bond donors (Lipinski definition) is 2. The molecular formula is C24H28F3N3O5. The molecular weight excluding hydrogens is 467 g/mol. The second-order valence-electron chi connectivity index (χ2n) is 8.89. The number of carbonyl (C=O) groups is 2. The first-order valence-corrected chi connectivity index (χ1v) is 11.6. The first-order chi connectivity index (χ1) is 16.8. The molecule has 1 fully saturated rings. The number of ether oxygens (including phenoxy) is 2. The first-order valence-electron chi connectivity index (χ1n) is 11.6. The van der Waals surface area contributed by atoms with E-state index < -0.39 is 18.1 Å². The summed E-state index contributed by atoms with van der Waals surface area (Å²) in [5.74, 6) is -0.358. The molecule has 2 unspecified atom stereocenters. The van der Waals surface area contributed by atoms with Gasteiger partial charge in [0.05, 0.1) is 7.11 Å². The molecule has 8 nitrogen and oxygen atoms in total. The zero-order valence-corrected chi connectivity index (χ0v) is 19.3. The van der Waals surface area contributed by atoms with Crippen LogP contribution in [0.2, 0.25) is 0 Å². The van der Waals surface area contributed by atoms with Crippen LogP contribution in [0, 0.1) is 5.92 Å². The summed E-state index contributed by atoms with van der Waals surface area (Å²) in [4.78, 5) is 25.4. The molecule has 4 rings (SSSR count). The van der Waals surface area contributed by atoms with Gasteiger partial charge in [-0.05, 0) is 37.7 Å². The number of aryl methyl sites for hydroxylation is 1. The van der Waals surface area contributed by atoms with E-state index in [1.54, 1.807) is 6.07 Å². The number of methoxy groups -OCH3 is 1. The summed E-state index contributed by atoms with van der Waals surface area (Å²) in [7, 11) is 1.26. The molecule has 1 aromatic heterocycles. The standard InChI is InChI=1S/C24H28F3N3O5/c1-33-18-5-3-2-4-16(18)22(24(25,26)27)29-23(32)21-17-13-15(6-7-19(17)35-30-21)28-20(31)12-14-8-10-34-11-9-14/h2-5,14-15,22H,6-13H2,1H3,(H,28,31)(H,29,32). The second kappa shape index (κ2) is 10.7. The number of fused-ring (bicyclic) bond motifs is 1. The lowest BCUT2D eigenvalue weighted by Crippen LogP contribution is -2.41. The summed E-state index contributed by atoms with van der Waals surface area (Å²) in [6.45, 7) is 1.30. The van der Waals surface area contributed by atoms with Crippen LogP contribution >= 0.6 is 0 Å². The number of aromatic nitrogens is 1. The van der Waals surface area contributed by atoms with Crippen LogP contribution in [0.5, 0.6) is 5.75 Å². The first kappa shape index (κ1) is 25.0. The molecule has 2 heterocycles. The monoisotopic (exact) mass is 495 g/mol. The van der Waals surface area contributed by atoms with Gasteiger partial charge >= 0.3 is 6.18 Å². The molecule has 1 aliphatic heterocycles. The topological polar surface area (TPSA) is 103 Å². The minimum atomic E-state index is -4.77. The normalized spacial score (nSPS) is 19.5. The second-order valence-corrected chi connectivity index (χ2v) is 8.89. The van der Waals surface area contributed by atoms with E-state index in [1.807, 2.05) is 5.32 Å². The van der Waals surface area contributed by atoms with Gasteiger partial charge in [0, 0.05) is 43.2 Å². The number of para-hydroxylation sites is 1. The van der Waals surface area contributed by atoms with Gasteiger partial charge in [0.1, 0.15) is 11.5 Å². The van der Waals surface area contributed by atoms with E-state index in [-0.39, 0.29) is 41.3 Å². The van der Waals surface area contributed by atoms with E-state index in [9.17, 15) is 22.8 Å². The summed E-state index contributed by atoms with van der Waals surface area (Å²) in [5, 5.41) is 8.80. The summed E-state index contributed by atoms with van der Waals surface area (Å²) >= 11 is 0. The number of amides is 2. The maximum Gasteiger partial charge on any atom is 0.413 e. The molecule has 1 aliphatic carbocycles. The van der Waals surface area contributed by atoms with Gasteiger partial charge in [-0.15, -0.1) is 0 Å². The highest BCUT2D eigenvalue weighted by molar-refractivity contribution is 5.94. The smallest absolute Gasteiger partial charge is 0.413 e. The Bertz CT molecular complexity index is 1050. The van der Waals surface area contributed by atoms with Gasteiger partial charge in [0.25, 0.3) is 5.91 Å². The van der Waals surface area contributed by atoms with E-state index in [2.05, 4.69) is 10.5 Å². The quantitative estimate of drug-likeness (QED) is 0.610. The molecule has 0 radical (unpaired) electrons. The third-order valence-corrected chi connectivity index (χ3v) is 6.49. The van der Waals surface area contributed by atoms with E-state index in [4.69, 9.17) is 14.0 Å². The number of nitrogens with one attached hydrogen (secondary N) is 2. The Morgan fingerprint density at radius 2 is 1.94 bits per heavy atom. The highest BCUT2D eigenvalue weighted by Crippen LogP contribution is 2.37. The zero-order chi connectivity index (χ0) is 25.0. The van der Waals surface area contributed by atoms with Crippen molar-refractivity contribution in [1.29, 1.82) is 0 Å². The molecule has 2 aliphatic rings. The van der Waals surface area contributed by atoms with Gasteiger partial charge in [-0.3, -0.25) is 9.59 Å². The lowest BCUT2D eigenvalue weighted by atomic mass is 9.91. The number of carbonyl (C=O) groups excluding carboxylic acids is 2. The van der Waals surface area contributed by atoms with Crippen molar-refractivity contribution in [3.63, 3.8) is 0 Å². The van der Waals surface area contributed by atoms with Crippen molar-refractivity contribution in [2.24, 2.45) is 5.92 Å². The summed E-state index contributed by atoms with van der Waals surface area (Å²) in [5.41, 5.74) is 0.00468. The molecule has 1 aromatic carbocycles. The molecule has 2 atom stereocenters. The number of alkyl halides is 3. The molecule has 2 aromatic rings. The molecule has 0 saturated carbocycles. The Labute approximate surface area is 200 Å². The van der Waals surface area contributed by atoms with Crippen molar-refractivity contribution in [2.45, 2.75) is 56.8 Å². The third kappa shape index (κ3) is 5.95. The highest BCUT2D eigenvalue weighted by Gasteiger charge is 2.44. The maximum atomic E-state index is 13.9. The van der Waals surface area contributed by atoms with Crippen molar-refractivity contribution >= 4 is 11.8 Å². The Morgan fingerprint density at radius 1 is 1.20 bits per heavy atom. The molecule has 1 saturated heterocycles. The predicted octanol–water partition coefficient (Wildman–Crippen LogP) is 3.51. The lowest BCUT2D eigenvalue weighted by molar-refractivity contribution is -0.155. The average molecular weight is 495 g/mol. The molecule has 0 bridgehead atoms. The number of rotatable bonds is 7. The molecule has 2 N–H and O–H groups in total. The number of benzene rings is 1. The zero-order valence-electron chi connectivity index (χ0n) is 19.3. The van der Waals surface area contributed by atoms with Gasteiger partial charge in [-0.2, -0.15) is 13.2 Å². The largest absolute Gasteiger partial charge is 0.496 e. The molecule has 2 amide bonds. The van der Waals surface area contributed by atoms with Crippen LogP contribution < -0.4 is 15.4 Å². The van der Waals surface area contributed by atoms with E-state index in [1.165, 1.54) is 25.3 Å². The van der Waals surface area contributed by atoms with Crippen LogP contribution in [0.15, 0.2) is 28.8 Å². The van der Waals surface area contributed by atoms with E-state index >= 15 is 0 Å². The summed E-state index contributed by atoms with van der Waals surface area (Å²) in [6.07, 6.45) is -1.42. The minimum Gasteiger partial charge on any atom is -0.496 e. The van der Waals surface area contributed by atoms with Gasteiger partial charge in [-0.25, -0.2) is 0 Å². The lowest BCUT2D eigenvalue weighted by Gasteiger charge is -2.26. The fourth-order valence-corrected chi connectivity index (χ4v) is 4.65. The van der Waals surface area contributed by atoms with Crippen LogP contribution in [-0.2, 0) is 22.4 Å². The maximum absolute atomic E-state index is 13.9. The molecule has 190 valence electrons. The number of hydrogen-bond acceptors (Lipinski definition) is 6. The van der Waals surface area contributed by atoms with Crippen LogP contribution in [0.3, 0.4) is 0 Å². The van der Waals surface area contributed by atoms with Gasteiger partial charge in [0.2, 0.25) is 5.91 Å².